The first-order valence-corrected chi connectivity index (χ1v) is 10.7. The number of nitrogens with zero attached hydrogens (tertiary/aromatic N) is 3. The predicted octanol–water partition coefficient (Wildman–Crippen LogP) is 1.97. The van der Waals surface area contributed by atoms with Crippen LogP contribution < -0.4 is 5.32 Å². The van der Waals surface area contributed by atoms with Crippen LogP contribution in [0.15, 0.2) is 30.3 Å². The zero-order valence-corrected chi connectivity index (χ0v) is 17.1. The average molecular weight is 399 g/mol. The van der Waals surface area contributed by atoms with Crippen LogP contribution in [0.4, 0.5) is 4.79 Å². The van der Waals surface area contributed by atoms with E-state index in [4.69, 9.17) is 0 Å². The first kappa shape index (κ1) is 19.9. The van der Waals surface area contributed by atoms with E-state index in [9.17, 15) is 14.4 Å². The van der Waals surface area contributed by atoms with Crippen molar-refractivity contribution in [3.8, 4) is 0 Å². The third-order valence-corrected chi connectivity index (χ3v) is 6.57. The maximum absolute atomic E-state index is 13.3. The molecule has 1 N–H and O–H groups in total. The Morgan fingerprint density at radius 1 is 1.14 bits per heavy atom. The van der Waals surface area contributed by atoms with E-state index in [0.29, 0.717) is 32.4 Å². The molecule has 4 rings (SSSR count). The molecule has 0 aromatic heterocycles. The van der Waals surface area contributed by atoms with Crippen molar-refractivity contribution in [3.63, 3.8) is 0 Å². The Labute approximate surface area is 172 Å². The lowest BCUT2D eigenvalue weighted by atomic mass is 9.87. The summed E-state index contributed by atoms with van der Waals surface area (Å²) in [5, 5.41) is 3.02. The monoisotopic (exact) mass is 398 g/mol. The van der Waals surface area contributed by atoms with Crippen molar-refractivity contribution in [2.45, 2.75) is 57.2 Å². The minimum atomic E-state index is -0.776. The highest BCUT2D eigenvalue weighted by atomic mass is 16.2. The summed E-state index contributed by atoms with van der Waals surface area (Å²) in [6.45, 7) is 5.44. The molecule has 3 saturated heterocycles. The minimum Gasteiger partial charge on any atom is -0.341 e. The molecule has 3 aliphatic rings. The van der Waals surface area contributed by atoms with Gasteiger partial charge in [-0.25, -0.2) is 4.79 Å². The summed E-state index contributed by atoms with van der Waals surface area (Å²) in [4.78, 5) is 43.7. The first-order chi connectivity index (χ1) is 14.0. The fourth-order valence-electron chi connectivity index (χ4n) is 4.86. The van der Waals surface area contributed by atoms with Crippen molar-refractivity contribution in [3.05, 3.63) is 35.9 Å². The molecule has 4 amide bonds. The van der Waals surface area contributed by atoms with Gasteiger partial charge in [-0.1, -0.05) is 37.3 Å². The summed E-state index contributed by atoms with van der Waals surface area (Å²) in [6.07, 6.45) is 3.30. The van der Waals surface area contributed by atoms with Crippen LogP contribution >= 0.6 is 0 Å². The number of rotatable bonds is 4. The Kier molecular flexibility index (Phi) is 5.58. The van der Waals surface area contributed by atoms with E-state index in [0.717, 1.165) is 32.5 Å². The highest BCUT2D eigenvalue weighted by molar-refractivity contribution is 6.07. The standard InChI is InChI=1S/C22H30N4O3/c1-2-19(27)25-12-6-9-18(16-25)26-20(28)22(23-21(26)29)10-13-24(14-11-22)15-17-7-4-3-5-8-17/h3-5,7-8,18H,2,6,9-16H2,1H3,(H,23,29)/t18-/m0/s1. The van der Waals surface area contributed by atoms with Crippen LogP contribution in [-0.4, -0.2) is 70.3 Å². The molecule has 0 radical (unpaired) electrons. The second kappa shape index (κ2) is 8.14. The zero-order valence-electron chi connectivity index (χ0n) is 17.1. The second-order valence-electron chi connectivity index (χ2n) is 8.44. The molecule has 0 unspecified atom stereocenters. The van der Waals surface area contributed by atoms with Gasteiger partial charge >= 0.3 is 6.03 Å². The maximum atomic E-state index is 13.3. The van der Waals surface area contributed by atoms with E-state index in [-0.39, 0.29) is 23.9 Å². The van der Waals surface area contributed by atoms with Crippen LogP contribution in [0.5, 0.6) is 0 Å². The van der Waals surface area contributed by atoms with Crippen LogP contribution in [0.25, 0.3) is 0 Å². The summed E-state index contributed by atoms with van der Waals surface area (Å²) in [7, 11) is 0. The number of carbonyl (C=O) groups is 3. The van der Waals surface area contributed by atoms with E-state index in [1.807, 2.05) is 25.1 Å². The Morgan fingerprint density at radius 2 is 1.86 bits per heavy atom. The molecule has 3 fully saturated rings. The Bertz CT molecular complexity index is 774. The Hall–Kier alpha value is -2.41. The SMILES string of the molecule is CCC(=O)N1CCC[C@H](N2C(=O)NC3(CCN(Cc4ccccc4)CC3)C2=O)C1. The van der Waals surface area contributed by atoms with E-state index in [1.54, 1.807) is 4.90 Å². The van der Waals surface area contributed by atoms with Gasteiger partial charge in [0.25, 0.3) is 5.91 Å². The third-order valence-electron chi connectivity index (χ3n) is 6.57. The molecular weight excluding hydrogens is 368 g/mol. The van der Waals surface area contributed by atoms with E-state index >= 15 is 0 Å². The van der Waals surface area contributed by atoms with Gasteiger partial charge in [-0.15, -0.1) is 0 Å². The largest absolute Gasteiger partial charge is 0.341 e. The number of carbonyl (C=O) groups excluding carboxylic acids is 3. The summed E-state index contributed by atoms with van der Waals surface area (Å²) in [6, 6.07) is 9.81. The molecule has 7 heteroatoms. The first-order valence-electron chi connectivity index (χ1n) is 10.7. The minimum absolute atomic E-state index is 0.0886. The highest BCUT2D eigenvalue weighted by Crippen LogP contribution is 2.32. The molecule has 29 heavy (non-hydrogen) atoms. The molecule has 0 saturated carbocycles. The molecule has 3 aliphatic heterocycles. The molecule has 1 aromatic carbocycles. The molecule has 1 atom stereocenters. The molecule has 156 valence electrons. The van der Waals surface area contributed by atoms with Gasteiger partial charge in [0, 0.05) is 39.1 Å². The van der Waals surface area contributed by atoms with Crippen LogP contribution in [0, 0.1) is 0 Å². The topological polar surface area (TPSA) is 73.0 Å². The summed E-state index contributed by atoms with van der Waals surface area (Å²) in [5.74, 6) is -0.0108. The number of nitrogens with one attached hydrogen (secondary N) is 1. The van der Waals surface area contributed by atoms with Crippen LogP contribution in [0.2, 0.25) is 0 Å². The summed E-state index contributed by atoms with van der Waals surface area (Å²) in [5.41, 5.74) is 0.483. The molecule has 1 spiro atoms. The zero-order chi connectivity index (χ0) is 20.4. The van der Waals surface area contributed by atoms with Crippen molar-refractivity contribution >= 4 is 17.8 Å². The smallest absolute Gasteiger partial charge is 0.325 e. The molecule has 3 heterocycles. The predicted molar refractivity (Wildman–Crippen MR) is 109 cm³/mol. The highest BCUT2D eigenvalue weighted by Gasteiger charge is 2.54. The number of hydrogen-bond donors (Lipinski definition) is 1. The fraction of sp³-hybridized carbons (Fsp3) is 0.591. The van der Waals surface area contributed by atoms with Gasteiger partial charge in [-0.05, 0) is 31.2 Å². The molecule has 0 aliphatic carbocycles. The molecule has 1 aromatic rings. The van der Waals surface area contributed by atoms with Crippen molar-refractivity contribution in [2.24, 2.45) is 0 Å². The normalized spacial score (nSPS) is 24.8. The summed E-state index contributed by atoms with van der Waals surface area (Å²) >= 11 is 0. The van der Waals surface area contributed by atoms with Gasteiger partial charge < -0.3 is 10.2 Å². The lowest BCUT2D eigenvalue weighted by molar-refractivity contribution is -0.139. The van der Waals surface area contributed by atoms with Crippen LogP contribution in [0.3, 0.4) is 0 Å². The van der Waals surface area contributed by atoms with Crippen molar-refractivity contribution in [2.75, 3.05) is 26.2 Å². The van der Waals surface area contributed by atoms with E-state index in [2.05, 4.69) is 22.3 Å². The number of piperidine rings is 2. The number of amides is 4. The fourth-order valence-corrected chi connectivity index (χ4v) is 4.86. The van der Waals surface area contributed by atoms with Gasteiger partial charge in [-0.2, -0.15) is 0 Å². The lowest BCUT2D eigenvalue weighted by Gasteiger charge is -2.39. The number of imide groups is 1. The van der Waals surface area contributed by atoms with Crippen LogP contribution in [0.1, 0.15) is 44.6 Å². The number of hydrogen-bond acceptors (Lipinski definition) is 4. The van der Waals surface area contributed by atoms with Gasteiger partial charge in [-0.3, -0.25) is 19.4 Å². The van der Waals surface area contributed by atoms with Gasteiger partial charge in [0.1, 0.15) is 5.54 Å². The Morgan fingerprint density at radius 3 is 2.55 bits per heavy atom. The molecule has 7 nitrogen and oxygen atoms in total. The summed E-state index contributed by atoms with van der Waals surface area (Å²) < 4.78 is 0. The second-order valence-corrected chi connectivity index (χ2v) is 8.44. The third kappa shape index (κ3) is 3.88. The van der Waals surface area contributed by atoms with Crippen molar-refractivity contribution in [1.29, 1.82) is 0 Å². The van der Waals surface area contributed by atoms with Gasteiger partial charge in [0.15, 0.2) is 0 Å². The lowest BCUT2D eigenvalue weighted by Crippen LogP contribution is -2.56. The number of urea groups is 1. The number of likely N-dealkylation sites (tertiary alicyclic amines) is 2. The van der Waals surface area contributed by atoms with E-state index < -0.39 is 5.54 Å². The quantitative estimate of drug-likeness (QED) is 0.787. The number of benzene rings is 1. The average Bonchev–Trinajstić information content (AvgIpc) is 2.99. The Balaban J connectivity index is 1.40. The van der Waals surface area contributed by atoms with Crippen LogP contribution in [-0.2, 0) is 16.1 Å². The maximum Gasteiger partial charge on any atom is 0.325 e. The van der Waals surface area contributed by atoms with Crippen molar-refractivity contribution < 1.29 is 14.4 Å². The van der Waals surface area contributed by atoms with Gasteiger partial charge in [0.2, 0.25) is 5.91 Å². The van der Waals surface area contributed by atoms with E-state index in [1.165, 1.54) is 10.5 Å². The molecular formula is C22H30N4O3. The van der Waals surface area contributed by atoms with Gasteiger partial charge in [0.05, 0.1) is 6.04 Å². The molecule has 0 bridgehead atoms. The van der Waals surface area contributed by atoms with Crippen molar-refractivity contribution in [1.82, 2.24) is 20.0 Å².